The molecule has 2 aromatic carbocycles. The third kappa shape index (κ3) is 3.49. The second-order valence-electron chi connectivity index (χ2n) is 7.30. The molecule has 2 N–H and O–H groups in total. The summed E-state index contributed by atoms with van der Waals surface area (Å²) >= 11 is 6.38. The van der Waals surface area contributed by atoms with E-state index in [1.807, 2.05) is 13.0 Å². The second-order valence-corrected chi connectivity index (χ2v) is 7.70. The van der Waals surface area contributed by atoms with Gasteiger partial charge in [0.1, 0.15) is 12.7 Å². The van der Waals surface area contributed by atoms with Crippen LogP contribution in [0.3, 0.4) is 0 Å². The molecule has 0 aromatic heterocycles. The van der Waals surface area contributed by atoms with Gasteiger partial charge in [0, 0.05) is 12.1 Å². The van der Waals surface area contributed by atoms with E-state index in [0.717, 1.165) is 43.8 Å². The predicted molar refractivity (Wildman–Crippen MR) is 105 cm³/mol. The first-order valence-electron chi connectivity index (χ1n) is 9.29. The Morgan fingerprint density at radius 1 is 1.15 bits per heavy atom. The zero-order valence-corrected chi connectivity index (χ0v) is 15.8. The van der Waals surface area contributed by atoms with Gasteiger partial charge in [0.05, 0.1) is 10.7 Å². The van der Waals surface area contributed by atoms with E-state index in [1.165, 1.54) is 5.56 Å². The van der Waals surface area contributed by atoms with E-state index in [2.05, 4.69) is 35.2 Å². The number of fused-ring (bicyclic) bond motifs is 1. The van der Waals surface area contributed by atoms with Gasteiger partial charge in [0.2, 0.25) is 0 Å². The number of hydrogen-bond acceptors (Lipinski definition) is 4. The summed E-state index contributed by atoms with van der Waals surface area (Å²) in [6.45, 7) is 5.66. The molecule has 0 spiro atoms. The minimum absolute atomic E-state index is 0.0103. The van der Waals surface area contributed by atoms with Crippen molar-refractivity contribution in [3.8, 4) is 11.5 Å². The number of ether oxygens (including phenoxy) is 2. The number of rotatable bonds is 3. The summed E-state index contributed by atoms with van der Waals surface area (Å²) in [4.78, 5) is 2.51. The van der Waals surface area contributed by atoms with Crippen molar-refractivity contribution in [3.63, 3.8) is 0 Å². The van der Waals surface area contributed by atoms with Crippen LogP contribution in [0.4, 0.5) is 5.69 Å². The van der Waals surface area contributed by atoms with Gasteiger partial charge in [-0.15, -0.1) is 0 Å². The van der Waals surface area contributed by atoms with Gasteiger partial charge in [-0.25, -0.2) is 0 Å². The average molecular weight is 373 g/mol. The number of piperidine rings is 1. The fraction of sp³-hybridized carbons (Fsp3) is 0.429. The zero-order chi connectivity index (χ0) is 18.1. The van der Waals surface area contributed by atoms with Crippen LogP contribution in [0.2, 0.25) is 5.02 Å². The molecule has 1 atom stereocenters. The summed E-state index contributed by atoms with van der Waals surface area (Å²) < 4.78 is 11.9. The lowest BCUT2D eigenvalue weighted by molar-refractivity contribution is 0.102. The van der Waals surface area contributed by atoms with Crippen molar-refractivity contribution < 1.29 is 9.47 Å². The topological polar surface area (TPSA) is 47.7 Å². The van der Waals surface area contributed by atoms with Crippen LogP contribution < -0.4 is 15.2 Å². The van der Waals surface area contributed by atoms with Crippen LogP contribution in [0.15, 0.2) is 36.4 Å². The Bertz CT molecular complexity index is 773. The summed E-state index contributed by atoms with van der Waals surface area (Å²) in [6.07, 6.45) is 2.15. The monoisotopic (exact) mass is 372 g/mol. The summed E-state index contributed by atoms with van der Waals surface area (Å²) in [5.41, 5.74) is 9.12. The smallest absolute Gasteiger partial charge is 0.186 e. The largest absolute Gasteiger partial charge is 0.485 e. The van der Waals surface area contributed by atoms with Crippen molar-refractivity contribution in [2.24, 2.45) is 0 Å². The molecule has 0 saturated carbocycles. The van der Waals surface area contributed by atoms with Crippen molar-refractivity contribution in [3.05, 3.63) is 52.5 Å². The Labute approximate surface area is 159 Å². The first-order valence-corrected chi connectivity index (χ1v) is 9.67. The molecular weight excluding hydrogens is 348 g/mol. The predicted octanol–water partition coefficient (Wildman–Crippen LogP) is 4.46. The van der Waals surface area contributed by atoms with E-state index in [0.29, 0.717) is 29.0 Å². The Morgan fingerprint density at radius 2 is 1.88 bits per heavy atom. The molecule has 0 aliphatic carbocycles. The van der Waals surface area contributed by atoms with E-state index in [4.69, 9.17) is 26.8 Å². The fourth-order valence-electron chi connectivity index (χ4n) is 3.89. The standard InChI is InChI=1S/C21H25ClN2O2/c1-14-13-25-20-17(11-18(22)19(23)21(20)26-14)16-7-9-24(10-8-16)12-15-5-3-2-4-6-15/h2-6,11,14,16H,7-10,12-13,23H2,1H3. The van der Waals surface area contributed by atoms with Gasteiger partial charge in [-0.05, 0) is 50.4 Å². The van der Waals surface area contributed by atoms with Crippen molar-refractivity contribution in [1.29, 1.82) is 0 Å². The third-order valence-electron chi connectivity index (χ3n) is 5.31. The molecule has 4 nitrogen and oxygen atoms in total. The van der Waals surface area contributed by atoms with E-state index in [-0.39, 0.29) is 6.10 Å². The molecule has 26 heavy (non-hydrogen) atoms. The summed E-state index contributed by atoms with van der Waals surface area (Å²) in [6, 6.07) is 12.6. The Kier molecular flexibility index (Phi) is 4.96. The first kappa shape index (κ1) is 17.5. The normalized spacial score (nSPS) is 20.9. The number of hydrogen-bond donors (Lipinski definition) is 1. The van der Waals surface area contributed by atoms with E-state index >= 15 is 0 Å². The molecule has 5 heteroatoms. The first-order chi connectivity index (χ1) is 12.6. The van der Waals surface area contributed by atoms with Crippen molar-refractivity contribution in [1.82, 2.24) is 4.90 Å². The lowest BCUT2D eigenvalue weighted by Crippen LogP contribution is -2.33. The number of halogens is 1. The zero-order valence-electron chi connectivity index (χ0n) is 15.1. The van der Waals surface area contributed by atoms with Gasteiger partial charge >= 0.3 is 0 Å². The van der Waals surface area contributed by atoms with Crippen LogP contribution in [0.5, 0.6) is 11.5 Å². The molecule has 1 saturated heterocycles. The number of benzene rings is 2. The van der Waals surface area contributed by atoms with Crippen molar-refractivity contribution >= 4 is 17.3 Å². The number of likely N-dealkylation sites (tertiary alicyclic amines) is 1. The minimum Gasteiger partial charge on any atom is -0.485 e. The Balaban J connectivity index is 1.49. The number of nitrogens with zero attached hydrogens (tertiary/aromatic N) is 1. The fourth-order valence-corrected chi connectivity index (χ4v) is 4.09. The maximum atomic E-state index is 6.38. The van der Waals surface area contributed by atoms with Crippen LogP contribution in [0.25, 0.3) is 0 Å². The van der Waals surface area contributed by atoms with Crippen LogP contribution in [0, 0.1) is 0 Å². The van der Waals surface area contributed by atoms with Crippen molar-refractivity contribution in [2.45, 2.75) is 38.3 Å². The molecule has 4 rings (SSSR count). The van der Waals surface area contributed by atoms with Crippen LogP contribution in [-0.4, -0.2) is 30.7 Å². The molecule has 1 unspecified atom stereocenters. The Hall–Kier alpha value is -1.91. The Morgan fingerprint density at radius 3 is 2.62 bits per heavy atom. The molecular formula is C21H25ClN2O2. The van der Waals surface area contributed by atoms with E-state index in [9.17, 15) is 0 Å². The SMILES string of the molecule is CC1COc2c(C3CCN(Cc4ccccc4)CC3)cc(Cl)c(N)c2O1. The van der Waals surface area contributed by atoms with E-state index in [1.54, 1.807) is 0 Å². The number of nitrogens with two attached hydrogens (primary N) is 1. The maximum Gasteiger partial charge on any atom is 0.186 e. The maximum absolute atomic E-state index is 6.38. The number of nitrogen functional groups attached to an aromatic ring is 1. The molecule has 0 amide bonds. The molecule has 2 aromatic rings. The van der Waals surface area contributed by atoms with Crippen LogP contribution >= 0.6 is 11.6 Å². The highest BCUT2D eigenvalue weighted by Gasteiger charge is 2.30. The summed E-state index contributed by atoms with van der Waals surface area (Å²) in [5.74, 6) is 1.84. The molecule has 0 bridgehead atoms. The van der Waals surface area contributed by atoms with Gasteiger partial charge in [0.25, 0.3) is 0 Å². The van der Waals surface area contributed by atoms with Crippen LogP contribution in [-0.2, 0) is 6.54 Å². The quantitative estimate of drug-likeness (QED) is 0.808. The van der Waals surface area contributed by atoms with Gasteiger partial charge in [-0.1, -0.05) is 41.9 Å². The third-order valence-corrected chi connectivity index (χ3v) is 5.62. The summed E-state index contributed by atoms with van der Waals surface area (Å²) in [7, 11) is 0. The van der Waals surface area contributed by atoms with Crippen LogP contribution in [0.1, 0.15) is 36.8 Å². The second kappa shape index (κ2) is 7.37. The lowest BCUT2D eigenvalue weighted by atomic mass is 9.88. The van der Waals surface area contributed by atoms with Crippen molar-refractivity contribution in [2.75, 3.05) is 25.4 Å². The van der Waals surface area contributed by atoms with E-state index < -0.39 is 0 Å². The molecule has 2 heterocycles. The average Bonchev–Trinajstić information content (AvgIpc) is 2.66. The lowest BCUT2D eigenvalue weighted by Gasteiger charge is -2.35. The summed E-state index contributed by atoms with van der Waals surface area (Å²) in [5, 5.41) is 0.558. The molecule has 2 aliphatic heterocycles. The highest BCUT2D eigenvalue weighted by molar-refractivity contribution is 6.33. The molecule has 2 aliphatic rings. The van der Waals surface area contributed by atoms with Gasteiger partial charge < -0.3 is 15.2 Å². The van der Waals surface area contributed by atoms with Gasteiger partial charge in [-0.2, -0.15) is 0 Å². The minimum atomic E-state index is -0.0103. The highest BCUT2D eigenvalue weighted by Crippen LogP contribution is 2.48. The molecule has 138 valence electrons. The molecule has 0 radical (unpaired) electrons. The van der Waals surface area contributed by atoms with Gasteiger partial charge in [0.15, 0.2) is 11.5 Å². The van der Waals surface area contributed by atoms with Gasteiger partial charge in [-0.3, -0.25) is 4.90 Å². The number of anilines is 1. The highest BCUT2D eigenvalue weighted by atomic mass is 35.5. The molecule has 1 fully saturated rings.